The van der Waals surface area contributed by atoms with Crippen LogP contribution in [0.5, 0.6) is 0 Å². The van der Waals surface area contributed by atoms with Crippen LogP contribution in [-0.4, -0.2) is 39.6 Å². The predicted molar refractivity (Wildman–Crippen MR) is 94.0 cm³/mol. The Hall–Kier alpha value is -2.90. The van der Waals surface area contributed by atoms with Crippen LogP contribution >= 0.6 is 0 Å². The number of carbonyl (C=O) groups is 1. The number of hydrogen-bond donors (Lipinski definition) is 2. The number of hydrogen-bond acceptors (Lipinski definition) is 5. The summed E-state index contributed by atoms with van der Waals surface area (Å²) in [5.41, 5.74) is 0.527. The smallest absolute Gasteiger partial charge is 0.293 e. The number of anilines is 1. The number of carbonyl (C=O) groups excluding carboxylic acids is 1. The molecule has 1 atom stereocenters. The summed E-state index contributed by atoms with van der Waals surface area (Å²) < 4.78 is 1.49. The number of nitrogens with zero attached hydrogens (tertiary/aromatic N) is 3. The Bertz CT molecular complexity index is 902. The van der Waals surface area contributed by atoms with E-state index in [1.54, 1.807) is 32.4 Å². The number of amides is 1. The zero-order valence-corrected chi connectivity index (χ0v) is 14.3. The van der Waals surface area contributed by atoms with Crippen molar-refractivity contribution in [2.75, 3.05) is 18.0 Å². The molecular formula is C17H21N5O3. The first-order chi connectivity index (χ1) is 11.9. The monoisotopic (exact) mass is 343 g/mol. The molecule has 3 rings (SSSR count). The predicted octanol–water partition coefficient (Wildman–Crippen LogP) is 0.176. The van der Waals surface area contributed by atoms with Gasteiger partial charge in [-0.1, -0.05) is 0 Å². The molecule has 0 aromatic carbocycles. The van der Waals surface area contributed by atoms with Crippen LogP contribution in [-0.2, 0) is 7.05 Å². The number of aryl methyl sites for hydroxylation is 2. The minimum absolute atomic E-state index is 0.104. The average Bonchev–Trinajstić information content (AvgIpc) is 2.56. The Kier molecular flexibility index (Phi) is 4.69. The summed E-state index contributed by atoms with van der Waals surface area (Å²) in [5.74, 6) is 0.117. The Morgan fingerprint density at radius 1 is 1.36 bits per heavy atom. The van der Waals surface area contributed by atoms with Crippen LogP contribution < -0.4 is 21.3 Å². The fourth-order valence-electron chi connectivity index (χ4n) is 3.07. The maximum Gasteiger partial charge on any atom is 0.293 e. The van der Waals surface area contributed by atoms with Gasteiger partial charge in [0.2, 0.25) is 5.56 Å². The van der Waals surface area contributed by atoms with Crippen LogP contribution in [0.15, 0.2) is 34.1 Å². The number of H-pyrrole nitrogens is 1. The van der Waals surface area contributed by atoms with Gasteiger partial charge < -0.3 is 19.8 Å². The Balaban J connectivity index is 1.73. The third-order valence-electron chi connectivity index (χ3n) is 4.30. The molecule has 1 saturated heterocycles. The highest BCUT2D eigenvalue weighted by atomic mass is 16.2. The normalized spacial score (nSPS) is 17.4. The van der Waals surface area contributed by atoms with Crippen LogP contribution in [0.1, 0.15) is 28.9 Å². The lowest BCUT2D eigenvalue weighted by Crippen LogP contribution is -2.49. The molecule has 2 aromatic heterocycles. The molecule has 2 aromatic rings. The van der Waals surface area contributed by atoms with Gasteiger partial charge in [0, 0.05) is 55.9 Å². The third-order valence-corrected chi connectivity index (χ3v) is 4.30. The van der Waals surface area contributed by atoms with Gasteiger partial charge in [-0.15, -0.1) is 0 Å². The standard InChI is InChI=1S/C17H21N5O3/c1-11-8-12(9-14(23)19-11)16(24)20-13-4-3-6-22(10-13)15-17(25)21(2)7-5-18-15/h5,7-9,13H,3-4,6,10H2,1-2H3,(H,19,23)(H,20,24). The SMILES string of the molecule is Cc1cc(C(=O)NC2CCCN(c3nccn(C)c3=O)C2)cc(=O)[nH]1. The molecule has 0 aliphatic carbocycles. The number of aromatic amines is 1. The van der Waals surface area contributed by atoms with Crippen LogP contribution in [0.25, 0.3) is 0 Å². The molecule has 0 radical (unpaired) electrons. The molecule has 1 aliphatic heterocycles. The zero-order valence-electron chi connectivity index (χ0n) is 14.3. The summed E-state index contributed by atoms with van der Waals surface area (Å²) in [6.45, 7) is 2.97. The van der Waals surface area contributed by atoms with Crippen molar-refractivity contribution in [3.05, 3.63) is 56.5 Å². The Morgan fingerprint density at radius 3 is 2.92 bits per heavy atom. The maximum absolute atomic E-state index is 12.4. The number of nitrogens with one attached hydrogen (secondary N) is 2. The summed E-state index contributed by atoms with van der Waals surface area (Å²) >= 11 is 0. The van der Waals surface area contributed by atoms with Crippen molar-refractivity contribution < 1.29 is 4.79 Å². The first-order valence-corrected chi connectivity index (χ1v) is 8.22. The van der Waals surface area contributed by atoms with E-state index >= 15 is 0 Å². The van der Waals surface area contributed by atoms with Gasteiger partial charge in [0.1, 0.15) is 0 Å². The molecule has 1 unspecified atom stereocenters. The summed E-state index contributed by atoms with van der Waals surface area (Å²) in [5, 5.41) is 2.95. The van der Waals surface area contributed by atoms with Crippen molar-refractivity contribution in [3.63, 3.8) is 0 Å². The second-order valence-corrected chi connectivity index (χ2v) is 6.34. The van der Waals surface area contributed by atoms with E-state index in [0.29, 0.717) is 23.6 Å². The van der Waals surface area contributed by atoms with E-state index < -0.39 is 0 Å². The molecule has 1 aliphatic rings. The van der Waals surface area contributed by atoms with Gasteiger partial charge >= 0.3 is 0 Å². The molecule has 2 N–H and O–H groups in total. The van der Waals surface area contributed by atoms with Crippen molar-refractivity contribution in [2.24, 2.45) is 7.05 Å². The number of rotatable bonds is 3. The van der Waals surface area contributed by atoms with Crippen molar-refractivity contribution in [2.45, 2.75) is 25.8 Å². The lowest BCUT2D eigenvalue weighted by molar-refractivity contribution is 0.0932. The van der Waals surface area contributed by atoms with Crippen LogP contribution in [0.4, 0.5) is 5.82 Å². The summed E-state index contributed by atoms with van der Waals surface area (Å²) in [4.78, 5) is 44.9. The largest absolute Gasteiger partial charge is 0.350 e. The maximum atomic E-state index is 12.4. The highest BCUT2D eigenvalue weighted by molar-refractivity contribution is 5.94. The second kappa shape index (κ2) is 6.92. The minimum Gasteiger partial charge on any atom is -0.350 e. The van der Waals surface area contributed by atoms with E-state index in [0.717, 1.165) is 19.4 Å². The highest BCUT2D eigenvalue weighted by Crippen LogP contribution is 2.15. The molecule has 0 saturated carbocycles. The van der Waals surface area contributed by atoms with E-state index in [4.69, 9.17) is 0 Å². The van der Waals surface area contributed by atoms with Crippen molar-refractivity contribution in [3.8, 4) is 0 Å². The number of pyridine rings is 1. The molecule has 132 valence electrons. The Morgan fingerprint density at radius 2 is 2.16 bits per heavy atom. The van der Waals surface area contributed by atoms with Crippen LogP contribution in [0.3, 0.4) is 0 Å². The molecule has 3 heterocycles. The fraction of sp³-hybridized carbons (Fsp3) is 0.412. The second-order valence-electron chi connectivity index (χ2n) is 6.34. The minimum atomic E-state index is -0.299. The van der Waals surface area contributed by atoms with Crippen molar-refractivity contribution in [1.29, 1.82) is 0 Å². The summed E-state index contributed by atoms with van der Waals surface area (Å²) in [7, 11) is 1.69. The van der Waals surface area contributed by atoms with Gasteiger partial charge in [-0.2, -0.15) is 0 Å². The van der Waals surface area contributed by atoms with Gasteiger partial charge in [0.25, 0.3) is 11.5 Å². The molecule has 8 heteroatoms. The topological polar surface area (TPSA) is 100 Å². The molecule has 1 fully saturated rings. The van der Waals surface area contributed by atoms with Gasteiger partial charge in [-0.05, 0) is 25.8 Å². The van der Waals surface area contributed by atoms with Gasteiger partial charge in [0.05, 0.1) is 0 Å². The quantitative estimate of drug-likeness (QED) is 0.828. The zero-order chi connectivity index (χ0) is 18.0. The first-order valence-electron chi connectivity index (χ1n) is 8.22. The molecule has 1 amide bonds. The van der Waals surface area contributed by atoms with Crippen LogP contribution in [0, 0.1) is 6.92 Å². The summed E-state index contributed by atoms with van der Waals surface area (Å²) in [6.07, 6.45) is 4.87. The first kappa shape index (κ1) is 16.9. The summed E-state index contributed by atoms with van der Waals surface area (Å²) in [6, 6.07) is 2.83. The number of piperidine rings is 1. The van der Waals surface area contributed by atoms with E-state index in [-0.39, 0.29) is 23.1 Å². The molecule has 0 spiro atoms. The van der Waals surface area contributed by atoms with E-state index in [1.807, 2.05) is 4.90 Å². The molecule has 0 bridgehead atoms. The number of aromatic nitrogens is 3. The van der Waals surface area contributed by atoms with Crippen molar-refractivity contribution in [1.82, 2.24) is 19.9 Å². The van der Waals surface area contributed by atoms with E-state index in [1.165, 1.54) is 10.6 Å². The third kappa shape index (κ3) is 3.78. The Labute approximate surface area is 144 Å². The van der Waals surface area contributed by atoms with Gasteiger partial charge in [-0.25, -0.2) is 4.98 Å². The van der Waals surface area contributed by atoms with Crippen molar-refractivity contribution >= 4 is 11.7 Å². The van der Waals surface area contributed by atoms with E-state index in [9.17, 15) is 14.4 Å². The fourth-order valence-corrected chi connectivity index (χ4v) is 3.07. The lowest BCUT2D eigenvalue weighted by atomic mass is 10.0. The molecule has 25 heavy (non-hydrogen) atoms. The molecular weight excluding hydrogens is 322 g/mol. The highest BCUT2D eigenvalue weighted by Gasteiger charge is 2.24. The lowest BCUT2D eigenvalue weighted by Gasteiger charge is -2.33. The average molecular weight is 343 g/mol. The van der Waals surface area contributed by atoms with E-state index in [2.05, 4.69) is 15.3 Å². The van der Waals surface area contributed by atoms with Gasteiger partial charge in [0.15, 0.2) is 5.82 Å². The van der Waals surface area contributed by atoms with Gasteiger partial charge in [-0.3, -0.25) is 14.4 Å². The van der Waals surface area contributed by atoms with Crippen LogP contribution in [0.2, 0.25) is 0 Å². The molecule has 8 nitrogen and oxygen atoms in total.